The van der Waals surface area contributed by atoms with Crippen molar-refractivity contribution in [3.8, 4) is 0 Å². The van der Waals surface area contributed by atoms with Gasteiger partial charge in [-0.05, 0) is 43.3 Å². The lowest BCUT2D eigenvalue weighted by molar-refractivity contribution is -0.129. The summed E-state index contributed by atoms with van der Waals surface area (Å²) in [6.07, 6.45) is 0. The number of amides is 1. The number of anilines is 2. The van der Waals surface area contributed by atoms with Gasteiger partial charge in [0.2, 0.25) is 5.91 Å². The number of piperazine rings is 1. The van der Waals surface area contributed by atoms with E-state index < -0.39 is 10.0 Å². The maximum absolute atomic E-state index is 12.4. The van der Waals surface area contributed by atoms with E-state index in [2.05, 4.69) is 9.62 Å². The molecule has 0 spiro atoms. The standard InChI is InChI=1S/C17H21N3O3S2/c1-13-3-8-17(24-13)25(22,23)18-15-4-6-16(7-5-15)20-11-9-19(10-12-20)14(2)21/h3-8,18H,9-12H2,1-2H3. The van der Waals surface area contributed by atoms with Crippen LogP contribution in [0.5, 0.6) is 0 Å². The van der Waals surface area contributed by atoms with E-state index in [-0.39, 0.29) is 5.91 Å². The third-order valence-electron chi connectivity index (χ3n) is 4.19. The minimum atomic E-state index is -3.54. The maximum atomic E-state index is 12.4. The number of sulfonamides is 1. The van der Waals surface area contributed by atoms with Gasteiger partial charge in [-0.3, -0.25) is 9.52 Å². The zero-order chi connectivity index (χ0) is 18.0. The number of rotatable bonds is 4. The predicted molar refractivity (Wildman–Crippen MR) is 101 cm³/mol. The second kappa shape index (κ2) is 7.05. The molecule has 1 aliphatic heterocycles. The first kappa shape index (κ1) is 17.8. The summed E-state index contributed by atoms with van der Waals surface area (Å²) in [5.41, 5.74) is 1.57. The first-order valence-corrected chi connectivity index (χ1v) is 10.3. The summed E-state index contributed by atoms with van der Waals surface area (Å²) in [7, 11) is -3.54. The van der Waals surface area contributed by atoms with Crippen LogP contribution in [0, 0.1) is 6.92 Å². The van der Waals surface area contributed by atoms with Crippen LogP contribution < -0.4 is 9.62 Å². The molecule has 1 amide bonds. The molecule has 8 heteroatoms. The van der Waals surface area contributed by atoms with E-state index in [4.69, 9.17) is 0 Å². The molecular weight excluding hydrogens is 358 g/mol. The molecular formula is C17H21N3O3S2. The fraction of sp³-hybridized carbons (Fsp3) is 0.353. The molecule has 1 saturated heterocycles. The Morgan fingerprint density at radius 2 is 1.68 bits per heavy atom. The molecule has 2 heterocycles. The average Bonchev–Trinajstić information content (AvgIpc) is 3.03. The van der Waals surface area contributed by atoms with Crippen LogP contribution in [0.2, 0.25) is 0 Å². The Labute approximate surface area is 152 Å². The Hall–Kier alpha value is -2.06. The normalized spacial score (nSPS) is 15.3. The van der Waals surface area contributed by atoms with E-state index in [0.29, 0.717) is 23.0 Å². The van der Waals surface area contributed by atoms with Gasteiger partial charge in [0.25, 0.3) is 10.0 Å². The third kappa shape index (κ3) is 4.13. The van der Waals surface area contributed by atoms with Crippen LogP contribution in [0.1, 0.15) is 11.8 Å². The molecule has 1 fully saturated rings. The Morgan fingerprint density at radius 3 is 2.20 bits per heavy atom. The van der Waals surface area contributed by atoms with Crippen LogP contribution in [-0.2, 0) is 14.8 Å². The topological polar surface area (TPSA) is 69.7 Å². The Morgan fingerprint density at radius 1 is 1.04 bits per heavy atom. The van der Waals surface area contributed by atoms with E-state index in [9.17, 15) is 13.2 Å². The summed E-state index contributed by atoms with van der Waals surface area (Å²) in [4.78, 5) is 16.4. The van der Waals surface area contributed by atoms with Gasteiger partial charge >= 0.3 is 0 Å². The monoisotopic (exact) mass is 379 g/mol. The van der Waals surface area contributed by atoms with Crippen LogP contribution in [0.15, 0.2) is 40.6 Å². The molecule has 0 radical (unpaired) electrons. The summed E-state index contributed by atoms with van der Waals surface area (Å²) >= 11 is 1.25. The fourth-order valence-electron chi connectivity index (χ4n) is 2.78. The second-order valence-corrected chi connectivity index (χ2v) is 9.21. The minimum Gasteiger partial charge on any atom is -0.368 e. The van der Waals surface area contributed by atoms with Gasteiger partial charge in [0.15, 0.2) is 0 Å². The molecule has 0 unspecified atom stereocenters. The lowest BCUT2D eigenvalue weighted by Crippen LogP contribution is -2.48. The van der Waals surface area contributed by atoms with Gasteiger partial charge < -0.3 is 9.80 Å². The number of hydrogen-bond donors (Lipinski definition) is 1. The molecule has 1 aromatic carbocycles. The third-order valence-corrected chi connectivity index (χ3v) is 7.06. The molecule has 6 nitrogen and oxygen atoms in total. The number of carbonyl (C=O) groups is 1. The first-order chi connectivity index (χ1) is 11.8. The van der Waals surface area contributed by atoms with Crippen molar-refractivity contribution in [2.45, 2.75) is 18.1 Å². The Balaban J connectivity index is 1.66. The smallest absolute Gasteiger partial charge is 0.271 e. The van der Waals surface area contributed by atoms with Crippen LogP contribution in [0.4, 0.5) is 11.4 Å². The number of carbonyl (C=O) groups excluding carboxylic acids is 1. The Kier molecular flexibility index (Phi) is 5.01. The number of nitrogens with one attached hydrogen (secondary N) is 1. The molecule has 0 saturated carbocycles. The summed E-state index contributed by atoms with van der Waals surface area (Å²) in [5.74, 6) is 0.105. The molecule has 0 aliphatic carbocycles. The highest BCUT2D eigenvalue weighted by Crippen LogP contribution is 2.25. The fourth-order valence-corrected chi connectivity index (χ4v) is 5.12. The molecule has 134 valence electrons. The summed E-state index contributed by atoms with van der Waals surface area (Å²) < 4.78 is 27.6. The molecule has 1 N–H and O–H groups in total. The van der Waals surface area contributed by atoms with Crippen LogP contribution in [0.25, 0.3) is 0 Å². The molecule has 1 aliphatic rings. The van der Waals surface area contributed by atoms with Crippen molar-refractivity contribution in [3.63, 3.8) is 0 Å². The lowest BCUT2D eigenvalue weighted by Gasteiger charge is -2.35. The second-order valence-electron chi connectivity index (χ2n) is 6.01. The molecule has 1 aromatic heterocycles. The lowest BCUT2D eigenvalue weighted by atomic mass is 10.2. The van der Waals surface area contributed by atoms with E-state index in [1.54, 1.807) is 31.2 Å². The quantitative estimate of drug-likeness (QED) is 0.886. The van der Waals surface area contributed by atoms with Gasteiger partial charge in [-0.25, -0.2) is 8.42 Å². The number of benzene rings is 1. The van der Waals surface area contributed by atoms with E-state index >= 15 is 0 Å². The van der Waals surface area contributed by atoms with Gasteiger partial charge in [0, 0.05) is 49.4 Å². The maximum Gasteiger partial charge on any atom is 0.271 e. The number of nitrogens with zero attached hydrogens (tertiary/aromatic N) is 2. The van der Waals surface area contributed by atoms with Crippen molar-refractivity contribution in [2.24, 2.45) is 0 Å². The van der Waals surface area contributed by atoms with Crippen molar-refractivity contribution in [2.75, 3.05) is 35.8 Å². The van der Waals surface area contributed by atoms with Crippen molar-refractivity contribution in [1.82, 2.24) is 4.90 Å². The first-order valence-electron chi connectivity index (χ1n) is 8.05. The van der Waals surface area contributed by atoms with Crippen molar-refractivity contribution >= 4 is 38.6 Å². The van der Waals surface area contributed by atoms with E-state index in [1.807, 2.05) is 24.0 Å². The highest BCUT2D eigenvalue weighted by Gasteiger charge is 2.19. The average molecular weight is 380 g/mol. The van der Waals surface area contributed by atoms with Crippen LogP contribution >= 0.6 is 11.3 Å². The van der Waals surface area contributed by atoms with E-state index in [1.165, 1.54) is 11.3 Å². The van der Waals surface area contributed by atoms with Crippen molar-refractivity contribution in [1.29, 1.82) is 0 Å². The minimum absolute atomic E-state index is 0.105. The van der Waals surface area contributed by atoms with Gasteiger partial charge in [-0.15, -0.1) is 11.3 Å². The summed E-state index contributed by atoms with van der Waals surface area (Å²) in [6.45, 7) is 6.44. The van der Waals surface area contributed by atoms with Crippen LogP contribution in [0.3, 0.4) is 0 Å². The van der Waals surface area contributed by atoms with Crippen molar-refractivity contribution < 1.29 is 13.2 Å². The highest BCUT2D eigenvalue weighted by molar-refractivity contribution is 7.94. The zero-order valence-corrected chi connectivity index (χ0v) is 15.9. The summed E-state index contributed by atoms with van der Waals surface area (Å²) in [6, 6.07) is 10.8. The Bertz CT molecular complexity index is 852. The molecule has 2 aromatic rings. The largest absolute Gasteiger partial charge is 0.368 e. The van der Waals surface area contributed by atoms with Crippen LogP contribution in [-0.4, -0.2) is 45.4 Å². The SMILES string of the molecule is CC(=O)N1CCN(c2ccc(NS(=O)(=O)c3ccc(C)s3)cc2)CC1. The van der Waals surface area contributed by atoms with E-state index in [0.717, 1.165) is 23.7 Å². The van der Waals surface area contributed by atoms with Gasteiger partial charge in [-0.2, -0.15) is 0 Å². The van der Waals surface area contributed by atoms with Gasteiger partial charge in [0.05, 0.1) is 0 Å². The molecule has 25 heavy (non-hydrogen) atoms. The predicted octanol–water partition coefficient (Wildman–Crippen LogP) is 2.53. The number of aryl methyl sites for hydroxylation is 1. The highest BCUT2D eigenvalue weighted by atomic mass is 32.2. The number of hydrogen-bond acceptors (Lipinski definition) is 5. The molecule has 0 bridgehead atoms. The zero-order valence-electron chi connectivity index (χ0n) is 14.2. The van der Waals surface area contributed by atoms with Gasteiger partial charge in [-0.1, -0.05) is 0 Å². The molecule has 3 rings (SSSR count). The van der Waals surface area contributed by atoms with Crippen molar-refractivity contribution in [3.05, 3.63) is 41.3 Å². The van der Waals surface area contributed by atoms with Gasteiger partial charge in [0.1, 0.15) is 4.21 Å². The summed E-state index contributed by atoms with van der Waals surface area (Å²) in [5, 5.41) is 0. The number of thiophene rings is 1. The molecule has 0 atom stereocenters.